The lowest BCUT2D eigenvalue weighted by molar-refractivity contribution is 0.0993. The molecule has 7 nitrogen and oxygen atoms in total. The number of ketones is 1. The van der Waals surface area contributed by atoms with Crippen LogP contribution in [-0.2, 0) is 13.0 Å². The molecule has 1 aliphatic heterocycles. The van der Waals surface area contributed by atoms with Crippen molar-refractivity contribution < 1.29 is 4.79 Å². The highest BCUT2D eigenvalue weighted by Crippen LogP contribution is 2.44. The molecule has 6 rings (SSSR count). The van der Waals surface area contributed by atoms with Gasteiger partial charge in [0.2, 0.25) is 0 Å². The average molecular weight is 533 g/mol. The number of nitrogens with zero attached hydrogens (tertiary/aromatic N) is 4. The Morgan fingerprint density at radius 3 is 2.77 bits per heavy atom. The summed E-state index contributed by atoms with van der Waals surface area (Å²) < 4.78 is 2.75. The van der Waals surface area contributed by atoms with E-state index >= 15 is 0 Å². The van der Waals surface area contributed by atoms with Crippen LogP contribution in [0.15, 0.2) is 59.6 Å². The number of halogens is 1. The van der Waals surface area contributed by atoms with Crippen molar-refractivity contribution in [1.82, 2.24) is 19.7 Å². The molecule has 0 bridgehead atoms. The first-order chi connectivity index (χ1) is 17.1. The van der Waals surface area contributed by atoms with Crippen LogP contribution in [0.25, 0.3) is 11.0 Å². The molecule has 0 radical (unpaired) electrons. The number of H-pyrrole nitrogens is 1. The zero-order valence-electron chi connectivity index (χ0n) is 19.5. The van der Waals surface area contributed by atoms with Gasteiger partial charge in [-0.15, -0.1) is 0 Å². The number of rotatable bonds is 7. The zero-order valence-corrected chi connectivity index (χ0v) is 21.1. The van der Waals surface area contributed by atoms with Gasteiger partial charge in [0.25, 0.3) is 0 Å². The Kier molecular flexibility index (Phi) is 5.94. The van der Waals surface area contributed by atoms with Crippen LogP contribution >= 0.6 is 15.9 Å². The number of pyridine rings is 1. The van der Waals surface area contributed by atoms with Gasteiger partial charge in [0.1, 0.15) is 5.65 Å². The Labute approximate surface area is 212 Å². The number of fused-ring (bicyclic) bond motifs is 1. The third-order valence-electron chi connectivity index (χ3n) is 7.46. The highest BCUT2D eigenvalue weighted by Gasteiger charge is 2.38. The first-order valence-electron chi connectivity index (χ1n) is 12.3. The lowest BCUT2D eigenvalue weighted by atomic mass is 9.87. The molecule has 2 aliphatic rings. The van der Waals surface area contributed by atoms with E-state index in [0.717, 1.165) is 57.7 Å². The van der Waals surface area contributed by atoms with Crippen molar-refractivity contribution >= 4 is 38.4 Å². The van der Waals surface area contributed by atoms with E-state index < -0.39 is 0 Å². The fourth-order valence-corrected chi connectivity index (χ4v) is 6.07. The second kappa shape index (κ2) is 9.24. The molecular weight excluding hydrogens is 504 g/mol. The number of piperidine rings is 1. The van der Waals surface area contributed by atoms with E-state index in [9.17, 15) is 4.79 Å². The number of carbonyl (C=O) groups is 1. The number of nitrogens with two attached hydrogens (primary N) is 1. The maximum atomic E-state index is 13.2. The smallest absolute Gasteiger partial charge is 0.170 e. The molecule has 1 aliphatic carbocycles. The summed E-state index contributed by atoms with van der Waals surface area (Å²) in [4.78, 5) is 23.5. The van der Waals surface area contributed by atoms with Crippen molar-refractivity contribution in [2.24, 2.45) is 17.6 Å². The Balaban J connectivity index is 1.24. The van der Waals surface area contributed by atoms with E-state index in [4.69, 9.17) is 5.73 Å². The predicted octanol–water partition coefficient (Wildman–Crippen LogP) is 4.56. The zero-order chi connectivity index (χ0) is 23.9. The minimum absolute atomic E-state index is 0.0419. The summed E-state index contributed by atoms with van der Waals surface area (Å²) in [6, 6.07) is 10.3. The molecule has 4 aromatic rings. The van der Waals surface area contributed by atoms with Crippen molar-refractivity contribution in [3.63, 3.8) is 0 Å². The average Bonchev–Trinajstić information content (AvgIpc) is 3.46. The number of hydrogen-bond acceptors (Lipinski definition) is 5. The summed E-state index contributed by atoms with van der Waals surface area (Å²) in [5.74, 6) is 1.48. The molecule has 4 heterocycles. The lowest BCUT2D eigenvalue weighted by Gasteiger charge is -2.39. The van der Waals surface area contributed by atoms with Gasteiger partial charge in [0.05, 0.1) is 28.5 Å². The van der Waals surface area contributed by atoms with Gasteiger partial charge in [-0.25, -0.2) is 4.98 Å². The standard InChI is InChI=1S/C27H29BrN6O/c28-22-13-31-27-25(26(22)33-9-8-21(18-6-7-18)23(29)16-33)19(11-30-27)10-24(35)20-12-32-34(15-20)14-17-4-2-1-3-5-17/h1-5,11-13,15,18,21,23H,6-10,14,16,29H2,(H,30,31)/t21-,23+/m1/s1. The van der Waals surface area contributed by atoms with Gasteiger partial charge in [0, 0.05) is 49.5 Å². The first kappa shape index (κ1) is 22.5. The maximum absolute atomic E-state index is 13.2. The molecule has 35 heavy (non-hydrogen) atoms. The van der Waals surface area contributed by atoms with Crippen LogP contribution in [0.4, 0.5) is 5.69 Å². The third kappa shape index (κ3) is 4.52. The van der Waals surface area contributed by atoms with Gasteiger partial charge in [-0.3, -0.25) is 9.48 Å². The van der Waals surface area contributed by atoms with E-state index in [2.05, 4.69) is 48.0 Å². The van der Waals surface area contributed by atoms with Crippen LogP contribution in [0, 0.1) is 11.8 Å². The summed E-state index contributed by atoms with van der Waals surface area (Å²) in [5, 5.41) is 5.41. The van der Waals surface area contributed by atoms with Gasteiger partial charge in [0.15, 0.2) is 5.78 Å². The molecule has 0 unspecified atom stereocenters. The second-order valence-electron chi connectivity index (χ2n) is 9.90. The van der Waals surface area contributed by atoms with Crippen molar-refractivity contribution in [3.8, 4) is 0 Å². The highest BCUT2D eigenvalue weighted by atomic mass is 79.9. The largest absolute Gasteiger partial charge is 0.368 e. The number of nitrogens with one attached hydrogen (secondary N) is 1. The minimum atomic E-state index is 0.0419. The van der Waals surface area contributed by atoms with Crippen LogP contribution < -0.4 is 10.6 Å². The molecule has 8 heteroatoms. The second-order valence-corrected chi connectivity index (χ2v) is 10.8. The van der Waals surface area contributed by atoms with Gasteiger partial charge in [-0.1, -0.05) is 30.3 Å². The molecule has 0 spiro atoms. The predicted molar refractivity (Wildman–Crippen MR) is 141 cm³/mol. The van der Waals surface area contributed by atoms with E-state index in [-0.39, 0.29) is 18.2 Å². The van der Waals surface area contributed by atoms with Crippen molar-refractivity contribution in [1.29, 1.82) is 0 Å². The Bertz CT molecular complexity index is 1360. The Morgan fingerprint density at radius 1 is 1.17 bits per heavy atom. The lowest BCUT2D eigenvalue weighted by Crippen LogP contribution is -2.49. The van der Waals surface area contributed by atoms with Crippen LogP contribution in [0.2, 0.25) is 0 Å². The highest BCUT2D eigenvalue weighted by molar-refractivity contribution is 9.10. The minimum Gasteiger partial charge on any atom is -0.368 e. The SMILES string of the molecule is N[C@H]1CN(c2c(Br)cnc3[nH]cc(CC(=O)c4cnn(Cc5ccccc5)c4)c23)CC[C@@H]1C1CC1. The van der Waals surface area contributed by atoms with E-state index in [1.807, 2.05) is 41.5 Å². The van der Waals surface area contributed by atoms with E-state index in [1.54, 1.807) is 6.20 Å². The molecule has 1 saturated carbocycles. The topological polar surface area (TPSA) is 92.8 Å². The summed E-state index contributed by atoms with van der Waals surface area (Å²) in [6.07, 6.45) is 11.3. The van der Waals surface area contributed by atoms with Gasteiger partial charge < -0.3 is 15.6 Å². The van der Waals surface area contributed by atoms with E-state index in [0.29, 0.717) is 18.0 Å². The maximum Gasteiger partial charge on any atom is 0.170 e. The number of anilines is 1. The number of Topliss-reactive ketones (excluding diaryl/α,β-unsaturated/α-hetero) is 1. The van der Waals surface area contributed by atoms with Crippen LogP contribution in [0.5, 0.6) is 0 Å². The Hall–Kier alpha value is -2.97. The molecule has 3 aromatic heterocycles. The van der Waals surface area contributed by atoms with Crippen LogP contribution in [0.3, 0.4) is 0 Å². The molecule has 2 fully saturated rings. The molecule has 1 saturated heterocycles. The molecule has 1 aromatic carbocycles. The molecule has 2 atom stereocenters. The van der Waals surface area contributed by atoms with E-state index in [1.165, 1.54) is 12.8 Å². The van der Waals surface area contributed by atoms with Crippen LogP contribution in [-0.4, -0.2) is 44.7 Å². The molecular formula is C27H29BrN6O. The van der Waals surface area contributed by atoms with Gasteiger partial charge in [-0.2, -0.15) is 5.10 Å². The fraction of sp³-hybridized carbons (Fsp3) is 0.370. The van der Waals surface area contributed by atoms with Crippen molar-refractivity contribution in [3.05, 3.63) is 76.3 Å². The summed E-state index contributed by atoms with van der Waals surface area (Å²) in [7, 11) is 0. The number of aromatic nitrogens is 4. The monoisotopic (exact) mass is 532 g/mol. The number of carbonyl (C=O) groups excluding carboxylic acids is 1. The third-order valence-corrected chi connectivity index (χ3v) is 8.04. The molecule has 180 valence electrons. The Morgan fingerprint density at radius 2 is 2.00 bits per heavy atom. The number of aromatic amines is 1. The van der Waals surface area contributed by atoms with Crippen molar-refractivity contribution in [2.75, 3.05) is 18.0 Å². The number of hydrogen-bond donors (Lipinski definition) is 2. The quantitative estimate of drug-likeness (QED) is 0.340. The molecule has 0 amide bonds. The molecule has 3 N–H and O–H groups in total. The first-order valence-corrected chi connectivity index (χ1v) is 13.1. The van der Waals surface area contributed by atoms with Crippen molar-refractivity contribution in [2.45, 2.75) is 38.3 Å². The van der Waals surface area contributed by atoms with Gasteiger partial charge in [-0.05, 0) is 58.2 Å². The van der Waals surface area contributed by atoms with Crippen LogP contribution in [0.1, 0.15) is 40.7 Å². The normalized spacial score (nSPS) is 20.5. The summed E-state index contributed by atoms with van der Waals surface area (Å²) in [6.45, 7) is 2.43. The summed E-state index contributed by atoms with van der Waals surface area (Å²) in [5.41, 5.74) is 11.2. The summed E-state index contributed by atoms with van der Waals surface area (Å²) >= 11 is 3.74. The number of benzene rings is 1. The van der Waals surface area contributed by atoms with Gasteiger partial charge >= 0.3 is 0 Å². The fourth-order valence-electron chi connectivity index (χ4n) is 5.52.